The van der Waals surface area contributed by atoms with Gasteiger partial charge in [0.1, 0.15) is 0 Å². The number of hydrogen-bond acceptors (Lipinski definition) is 0. The van der Waals surface area contributed by atoms with Gasteiger partial charge in [-0.2, -0.15) is 0 Å². The van der Waals surface area contributed by atoms with Crippen LogP contribution in [0.3, 0.4) is 0 Å². The molecule has 0 saturated carbocycles. The van der Waals surface area contributed by atoms with Gasteiger partial charge in [-0.25, -0.2) is 0 Å². The molecule has 136 valence electrons. The Morgan fingerprint density at radius 3 is 1.48 bits per heavy atom. The molecule has 4 rings (SSSR count). The molecule has 2 aromatic rings. The van der Waals surface area contributed by atoms with E-state index in [9.17, 15) is 0 Å². The number of fused-ring (bicyclic) bond motifs is 2. The normalized spacial score (nSPS) is 19.6. The van der Waals surface area contributed by atoms with Crippen molar-refractivity contribution in [2.24, 2.45) is 0 Å². The van der Waals surface area contributed by atoms with Gasteiger partial charge in [0, 0.05) is 0 Å². The van der Waals surface area contributed by atoms with E-state index in [1.165, 1.54) is 22.3 Å². The zero-order valence-corrected chi connectivity index (χ0v) is 19.5. The predicted octanol–water partition coefficient (Wildman–Crippen LogP) is 0.506. The Morgan fingerprint density at radius 1 is 0.667 bits per heavy atom. The monoisotopic (exact) mass is 470 g/mol. The minimum absolute atomic E-state index is 0. The molecule has 0 saturated heterocycles. The molecule has 0 fully saturated rings. The first-order chi connectivity index (χ1) is 12.3. The van der Waals surface area contributed by atoms with Crippen LogP contribution in [0.25, 0.3) is 12.2 Å². The fraction of sp³-hybridized carbons (Fsp3) is 0.167. The molecule has 0 radical (unpaired) electrons. The van der Waals surface area contributed by atoms with Crippen LogP contribution in [-0.2, 0) is 23.2 Å². The smallest absolute Gasteiger partial charge is 1.00 e. The molecule has 0 bridgehead atoms. The molecule has 2 unspecified atom stereocenters. The van der Waals surface area contributed by atoms with Crippen molar-refractivity contribution in [1.82, 2.24) is 0 Å². The van der Waals surface area contributed by atoms with Crippen molar-refractivity contribution in [2.45, 2.75) is 25.7 Å². The maximum atomic E-state index is 2.47. The third kappa shape index (κ3) is 4.32. The average Bonchev–Trinajstić information content (AvgIpc) is 3.15. The summed E-state index contributed by atoms with van der Waals surface area (Å²) in [5.41, 5.74) is 5.80. The van der Waals surface area contributed by atoms with E-state index in [0.29, 0.717) is 11.8 Å². The number of benzene rings is 2. The summed E-state index contributed by atoms with van der Waals surface area (Å²) in [5, 5.41) is 0. The Kier molecular flexibility index (Phi) is 8.10. The summed E-state index contributed by atoms with van der Waals surface area (Å²) in [6, 6.07) is 17.8. The van der Waals surface area contributed by atoms with Crippen LogP contribution >= 0.6 is 0 Å². The van der Waals surface area contributed by atoms with Gasteiger partial charge in [-0.15, -0.1) is 0 Å². The molecular weight excluding hydrogens is 450 g/mol. The third-order valence-electron chi connectivity index (χ3n) is 5.01. The van der Waals surface area contributed by atoms with Gasteiger partial charge in [0.2, 0.25) is 0 Å². The summed E-state index contributed by atoms with van der Waals surface area (Å²) in [7, 11) is 0. The molecule has 27 heavy (non-hydrogen) atoms. The minimum atomic E-state index is -0.819. The van der Waals surface area contributed by atoms with Gasteiger partial charge >= 0.3 is 163 Å². The van der Waals surface area contributed by atoms with Crippen LogP contribution in [0.1, 0.15) is 47.9 Å². The van der Waals surface area contributed by atoms with Gasteiger partial charge in [-0.05, 0) is 0 Å². The maximum absolute atomic E-state index is 2.47. The molecule has 2 aromatic carbocycles. The van der Waals surface area contributed by atoms with Gasteiger partial charge in [-0.3, -0.25) is 0 Å². The molecule has 2 aliphatic rings. The first-order valence-corrected chi connectivity index (χ1v) is 11.4. The van der Waals surface area contributed by atoms with E-state index in [4.69, 9.17) is 0 Å². The standard InChI is InChI=1S/2C12H11.2ClH.Zr/c2*1-2-5-10-8-9-11-6-3-4-7-12(10)11;;;/h2*2-7,9-10H,1H3;2*1H;/q;;;;+2/p-2. The van der Waals surface area contributed by atoms with E-state index in [2.05, 4.69) is 98.8 Å². The van der Waals surface area contributed by atoms with Crippen LogP contribution in [-0.4, -0.2) is 0 Å². The Morgan fingerprint density at radius 2 is 1.07 bits per heavy atom. The van der Waals surface area contributed by atoms with Crippen LogP contribution in [0.4, 0.5) is 0 Å². The van der Waals surface area contributed by atoms with E-state index in [0.717, 1.165) is 0 Å². The van der Waals surface area contributed by atoms with Gasteiger partial charge in [-0.1, -0.05) is 0 Å². The van der Waals surface area contributed by atoms with E-state index < -0.39 is 23.2 Å². The van der Waals surface area contributed by atoms with E-state index in [1.54, 1.807) is 6.56 Å². The largest absolute Gasteiger partial charge is 1.00 e. The number of halogens is 2. The molecule has 2 aliphatic carbocycles. The fourth-order valence-corrected chi connectivity index (χ4v) is 7.84. The molecule has 0 amide bonds. The van der Waals surface area contributed by atoms with Gasteiger partial charge in [0.25, 0.3) is 0 Å². The van der Waals surface area contributed by atoms with Crippen molar-refractivity contribution in [3.63, 3.8) is 0 Å². The molecule has 2 atom stereocenters. The number of allylic oxidation sites excluding steroid dienone is 6. The second-order valence-electron chi connectivity index (χ2n) is 6.59. The molecule has 0 aliphatic heterocycles. The van der Waals surface area contributed by atoms with Crippen LogP contribution in [0.2, 0.25) is 0 Å². The Bertz CT molecular complexity index is 846. The molecule has 3 heteroatoms. The van der Waals surface area contributed by atoms with Gasteiger partial charge in [0.05, 0.1) is 0 Å². The van der Waals surface area contributed by atoms with E-state index in [-0.39, 0.29) is 24.8 Å². The molecule has 0 N–H and O–H groups in total. The summed E-state index contributed by atoms with van der Waals surface area (Å²) >= 11 is -0.819. The summed E-state index contributed by atoms with van der Waals surface area (Å²) in [6.45, 7) is 4.27. The Hall–Kier alpha value is -1.14. The Labute approximate surface area is 186 Å². The molecule has 0 spiro atoms. The fourth-order valence-electron chi connectivity index (χ4n) is 3.89. The Balaban J connectivity index is 0.00000131. The predicted molar refractivity (Wildman–Crippen MR) is 104 cm³/mol. The molecule has 0 aromatic heterocycles. The van der Waals surface area contributed by atoms with Crippen molar-refractivity contribution >= 4 is 12.2 Å². The quantitative estimate of drug-likeness (QED) is 0.569. The van der Waals surface area contributed by atoms with Crippen molar-refractivity contribution < 1.29 is 48.0 Å². The van der Waals surface area contributed by atoms with Gasteiger partial charge in [0.15, 0.2) is 0 Å². The summed E-state index contributed by atoms with van der Waals surface area (Å²) < 4.78 is 3.35. The first-order valence-electron chi connectivity index (χ1n) is 8.95. The van der Waals surface area contributed by atoms with Crippen molar-refractivity contribution in [3.8, 4) is 0 Å². The van der Waals surface area contributed by atoms with Crippen LogP contribution in [0.15, 0.2) is 79.4 Å². The van der Waals surface area contributed by atoms with E-state index in [1.807, 2.05) is 0 Å². The van der Waals surface area contributed by atoms with Crippen LogP contribution < -0.4 is 24.8 Å². The third-order valence-corrected chi connectivity index (χ3v) is 8.67. The zero-order valence-electron chi connectivity index (χ0n) is 15.5. The van der Waals surface area contributed by atoms with Crippen molar-refractivity contribution in [1.29, 1.82) is 0 Å². The minimum Gasteiger partial charge on any atom is -1.00 e. The topological polar surface area (TPSA) is 0 Å². The first kappa shape index (κ1) is 22.2. The van der Waals surface area contributed by atoms with Gasteiger partial charge < -0.3 is 24.8 Å². The summed E-state index contributed by atoms with van der Waals surface area (Å²) in [5.74, 6) is 0.979. The van der Waals surface area contributed by atoms with Crippen molar-refractivity contribution in [3.05, 3.63) is 102 Å². The molecule has 0 heterocycles. The average molecular weight is 473 g/mol. The second kappa shape index (κ2) is 9.88. The van der Waals surface area contributed by atoms with Crippen LogP contribution in [0, 0.1) is 0 Å². The number of hydrogen-bond donors (Lipinski definition) is 0. The molecule has 0 nitrogen and oxygen atoms in total. The van der Waals surface area contributed by atoms with Crippen molar-refractivity contribution in [2.75, 3.05) is 0 Å². The van der Waals surface area contributed by atoms with E-state index >= 15 is 0 Å². The second-order valence-corrected chi connectivity index (χ2v) is 10.0. The summed E-state index contributed by atoms with van der Waals surface area (Å²) in [4.78, 5) is 0. The maximum Gasteiger partial charge on any atom is -1.00 e. The van der Waals surface area contributed by atoms with Crippen LogP contribution in [0.5, 0.6) is 0 Å². The molecular formula is C24H22Cl2Zr. The zero-order chi connectivity index (χ0) is 17.2. The summed E-state index contributed by atoms with van der Waals surface area (Å²) in [6.07, 6.45) is 14.1. The SMILES string of the molecule is CC=CC1[C]([Zr+2][C]2=Cc3ccccc3C2C=CC)=Cc2ccccc21.[Cl-].[Cl-]. The number of rotatable bonds is 4.